The Hall–Kier alpha value is -2.02. The van der Waals surface area contributed by atoms with Gasteiger partial charge in [-0.1, -0.05) is 0 Å². The van der Waals surface area contributed by atoms with Crippen molar-refractivity contribution in [3.63, 3.8) is 0 Å². The number of pyridine rings is 1. The number of hydrogen-bond acceptors (Lipinski definition) is 4. The number of carbonyl (C=O) groups is 2. The molecule has 1 aliphatic heterocycles. The molecule has 1 aromatic rings. The number of aromatic nitrogens is 1. The third kappa shape index (κ3) is 2.14. The molecule has 2 amide bonds. The summed E-state index contributed by atoms with van der Waals surface area (Å²) in [6.07, 6.45) is 3.03. The van der Waals surface area contributed by atoms with Gasteiger partial charge >= 0.3 is 0 Å². The maximum Gasteiger partial charge on any atom is 0.269 e. The topological polar surface area (TPSA) is 74.3 Å². The van der Waals surface area contributed by atoms with Crippen molar-refractivity contribution in [1.82, 2.24) is 20.7 Å². The third-order valence-corrected chi connectivity index (χ3v) is 2.29. The third-order valence-electron chi connectivity index (χ3n) is 1.97. The normalized spacial score (nSPS) is 14.9. The largest absolute Gasteiger partial charge is 0.300 e. The molecular weight excluding hydrogens is 228 g/mol. The summed E-state index contributed by atoms with van der Waals surface area (Å²) in [5.41, 5.74) is 2.97. The maximum absolute atomic E-state index is 11.7. The fraction of sp³-hybridized carbons (Fsp3) is 0.111. The number of rotatable bonds is 2. The SMILES string of the molecule is O=C1CN(NC(=O)c2ccncc2)C(=S)N1. The second-order valence-corrected chi connectivity index (χ2v) is 3.50. The number of nitrogens with one attached hydrogen (secondary N) is 2. The molecule has 1 fully saturated rings. The van der Waals surface area contributed by atoms with Crippen LogP contribution in [0.1, 0.15) is 10.4 Å². The Morgan fingerprint density at radius 1 is 1.50 bits per heavy atom. The van der Waals surface area contributed by atoms with E-state index < -0.39 is 0 Å². The Morgan fingerprint density at radius 3 is 2.75 bits per heavy atom. The molecule has 0 spiro atoms. The van der Waals surface area contributed by atoms with Gasteiger partial charge in [0, 0.05) is 18.0 Å². The minimum atomic E-state index is -0.332. The zero-order valence-corrected chi connectivity index (χ0v) is 8.95. The van der Waals surface area contributed by atoms with E-state index in [1.54, 1.807) is 12.1 Å². The van der Waals surface area contributed by atoms with Crippen LogP contribution in [-0.2, 0) is 4.79 Å². The zero-order chi connectivity index (χ0) is 11.5. The van der Waals surface area contributed by atoms with Crippen LogP contribution >= 0.6 is 12.2 Å². The van der Waals surface area contributed by atoms with Gasteiger partial charge in [-0.3, -0.25) is 30.3 Å². The Labute approximate surface area is 96.6 Å². The number of nitrogens with zero attached hydrogens (tertiary/aromatic N) is 2. The van der Waals surface area contributed by atoms with Gasteiger partial charge in [0.25, 0.3) is 5.91 Å². The Morgan fingerprint density at radius 2 is 2.19 bits per heavy atom. The van der Waals surface area contributed by atoms with Crippen LogP contribution in [0.3, 0.4) is 0 Å². The number of hydrazine groups is 1. The second kappa shape index (κ2) is 4.23. The van der Waals surface area contributed by atoms with Gasteiger partial charge in [-0.05, 0) is 24.4 Å². The van der Waals surface area contributed by atoms with Gasteiger partial charge in [-0.25, -0.2) is 0 Å². The highest BCUT2D eigenvalue weighted by Crippen LogP contribution is 1.99. The Kier molecular flexibility index (Phi) is 2.78. The first-order valence-electron chi connectivity index (χ1n) is 4.49. The molecule has 2 rings (SSSR count). The average Bonchev–Trinajstić information content (AvgIpc) is 2.59. The van der Waals surface area contributed by atoms with E-state index in [1.165, 1.54) is 17.4 Å². The van der Waals surface area contributed by atoms with Crippen molar-refractivity contribution in [2.75, 3.05) is 6.54 Å². The molecule has 82 valence electrons. The number of amides is 2. The molecular formula is C9H8N4O2S. The smallest absolute Gasteiger partial charge is 0.269 e. The first-order chi connectivity index (χ1) is 7.66. The lowest BCUT2D eigenvalue weighted by molar-refractivity contribution is -0.118. The van der Waals surface area contributed by atoms with Crippen LogP contribution in [0.25, 0.3) is 0 Å². The highest BCUT2D eigenvalue weighted by Gasteiger charge is 2.25. The van der Waals surface area contributed by atoms with Gasteiger partial charge in [0.05, 0.1) is 0 Å². The molecule has 0 bridgehead atoms. The number of thiocarbonyl (C=S) groups is 1. The predicted molar refractivity (Wildman–Crippen MR) is 59.1 cm³/mol. The van der Waals surface area contributed by atoms with Gasteiger partial charge in [0.2, 0.25) is 5.91 Å². The maximum atomic E-state index is 11.7. The molecule has 2 N–H and O–H groups in total. The van der Waals surface area contributed by atoms with E-state index in [0.717, 1.165) is 0 Å². The standard InChI is InChI=1S/C9H8N4O2S/c14-7-5-13(9(16)11-7)12-8(15)6-1-3-10-4-2-6/h1-4H,5H2,(H,12,15)(H,11,14,16). The van der Waals surface area contributed by atoms with Crippen molar-refractivity contribution in [2.24, 2.45) is 0 Å². The van der Waals surface area contributed by atoms with E-state index in [9.17, 15) is 9.59 Å². The summed E-state index contributed by atoms with van der Waals surface area (Å²) < 4.78 is 0. The monoisotopic (exact) mass is 236 g/mol. The second-order valence-electron chi connectivity index (χ2n) is 3.12. The molecule has 6 nitrogen and oxygen atoms in total. The molecule has 0 unspecified atom stereocenters. The molecule has 0 aliphatic carbocycles. The molecule has 16 heavy (non-hydrogen) atoms. The summed E-state index contributed by atoms with van der Waals surface area (Å²) in [5, 5.41) is 3.91. The highest BCUT2D eigenvalue weighted by atomic mass is 32.1. The fourth-order valence-electron chi connectivity index (χ4n) is 1.22. The summed E-state index contributed by atoms with van der Waals surface area (Å²) in [4.78, 5) is 26.5. The van der Waals surface area contributed by atoms with E-state index in [0.29, 0.717) is 5.56 Å². The lowest BCUT2D eigenvalue weighted by atomic mass is 10.2. The van der Waals surface area contributed by atoms with Gasteiger partial charge in [0.1, 0.15) is 6.54 Å². The lowest BCUT2D eigenvalue weighted by Gasteiger charge is -2.16. The first kappa shape index (κ1) is 10.5. The minimum Gasteiger partial charge on any atom is -0.300 e. The van der Waals surface area contributed by atoms with Crippen molar-refractivity contribution in [3.8, 4) is 0 Å². The van der Waals surface area contributed by atoms with Gasteiger partial charge in [-0.2, -0.15) is 0 Å². The van der Waals surface area contributed by atoms with Crippen LogP contribution in [-0.4, -0.2) is 33.5 Å². The summed E-state index contributed by atoms with van der Waals surface area (Å²) in [6, 6.07) is 3.15. The van der Waals surface area contributed by atoms with Crippen molar-refractivity contribution in [3.05, 3.63) is 30.1 Å². The van der Waals surface area contributed by atoms with Gasteiger partial charge in [0.15, 0.2) is 5.11 Å². The predicted octanol–water partition coefficient (Wildman–Crippen LogP) is -0.557. The van der Waals surface area contributed by atoms with Gasteiger partial charge in [-0.15, -0.1) is 0 Å². The van der Waals surface area contributed by atoms with E-state index in [2.05, 4.69) is 15.7 Å². The molecule has 2 heterocycles. The van der Waals surface area contributed by atoms with Crippen molar-refractivity contribution in [1.29, 1.82) is 0 Å². The van der Waals surface area contributed by atoms with E-state index in [1.807, 2.05) is 0 Å². The van der Waals surface area contributed by atoms with Crippen LogP contribution < -0.4 is 10.7 Å². The van der Waals surface area contributed by atoms with E-state index in [-0.39, 0.29) is 23.5 Å². The summed E-state index contributed by atoms with van der Waals surface area (Å²) in [6.45, 7) is 0.0374. The molecule has 1 aliphatic rings. The molecule has 1 saturated heterocycles. The number of hydrogen-bond donors (Lipinski definition) is 2. The van der Waals surface area contributed by atoms with Crippen LogP contribution in [0, 0.1) is 0 Å². The van der Waals surface area contributed by atoms with Crippen molar-refractivity contribution >= 4 is 29.1 Å². The minimum absolute atomic E-state index is 0.0374. The summed E-state index contributed by atoms with van der Waals surface area (Å²) in [5.74, 6) is -0.568. The van der Waals surface area contributed by atoms with Crippen molar-refractivity contribution < 1.29 is 9.59 Å². The zero-order valence-electron chi connectivity index (χ0n) is 8.14. The van der Waals surface area contributed by atoms with Gasteiger partial charge < -0.3 is 0 Å². The molecule has 0 radical (unpaired) electrons. The van der Waals surface area contributed by atoms with Crippen LogP contribution in [0.5, 0.6) is 0 Å². The molecule has 0 aromatic carbocycles. The summed E-state index contributed by atoms with van der Waals surface area (Å²) >= 11 is 4.85. The lowest BCUT2D eigenvalue weighted by Crippen LogP contribution is -2.44. The Bertz CT molecular complexity index is 448. The van der Waals surface area contributed by atoms with Crippen LogP contribution in [0.4, 0.5) is 0 Å². The summed E-state index contributed by atoms with van der Waals surface area (Å²) in [7, 11) is 0. The van der Waals surface area contributed by atoms with Crippen molar-refractivity contribution in [2.45, 2.75) is 0 Å². The average molecular weight is 236 g/mol. The van der Waals surface area contributed by atoms with Crippen LogP contribution in [0.15, 0.2) is 24.5 Å². The fourth-order valence-corrected chi connectivity index (χ4v) is 1.45. The van der Waals surface area contributed by atoms with E-state index >= 15 is 0 Å². The molecule has 7 heteroatoms. The highest BCUT2D eigenvalue weighted by molar-refractivity contribution is 7.80. The van der Waals surface area contributed by atoms with E-state index in [4.69, 9.17) is 12.2 Å². The first-order valence-corrected chi connectivity index (χ1v) is 4.90. The molecule has 0 atom stereocenters. The quantitative estimate of drug-likeness (QED) is 0.673. The van der Waals surface area contributed by atoms with Crippen LogP contribution in [0.2, 0.25) is 0 Å². The molecule has 0 saturated carbocycles. The number of carbonyl (C=O) groups excluding carboxylic acids is 2. The Balaban J connectivity index is 2.03. The molecule has 1 aromatic heterocycles.